The Balaban J connectivity index is 2.36. The van der Waals surface area contributed by atoms with Crippen molar-refractivity contribution in [3.05, 3.63) is 0 Å². The maximum absolute atomic E-state index is 9.04. The lowest BCUT2D eigenvalue weighted by molar-refractivity contribution is -0.166. The monoisotopic (exact) mass is 145 g/mol. The molecule has 3 nitrogen and oxygen atoms in total. The van der Waals surface area contributed by atoms with Crippen molar-refractivity contribution in [3.63, 3.8) is 0 Å². The van der Waals surface area contributed by atoms with Crippen LogP contribution in [0.5, 0.6) is 0 Å². The first-order valence-corrected chi connectivity index (χ1v) is 3.75. The van der Waals surface area contributed by atoms with Gasteiger partial charge in [-0.25, -0.2) is 0 Å². The number of aliphatic hydroxyl groups excluding tert-OH is 1. The fourth-order valence-corrected chi connectivity index (χ4v) is 1.35. The standard InChI is InChI=1S/C7H15NO2/c1-5-6(8-2)3-4-7(9)10-5/h5-9H,3-4H2,1-2H3/t5-,6+,7-/m1/s1. The molecule has 0 unspecified atom stereocenters. The summed E-state index contributed by atoms with van der Waals surface area (Å²) in [6, 6.07) is 0.406. The highest BCUT2D eigenvalue weighted by molar-refractivity contribution is 4.76. The van der Waals surface area contributed by atoms with Gasteiger partial charge in [0.1, 0.15) is 0 Å². The van der Waals surface area contributed by atoms with Crippen molar-refractivity contribution in [2.75, 3.05) is 7.05 Å². The lowest BCUT2D eigenvalue weighted by atomic mass is 10.0. The molecular weight excluding hydrogens is 130 g/mol. The van der Waals surface area contributed by atoms with E-state index in [0.717, 1.165) is 12.8 Å². The normalized spacial score (nSPS) is 41.7. The third-order valence-corrected chi connectivity index (χ3v) is 2.03. The smallest absolute Gasteiger partial charge is 0.155 e. The molecule has 0 radical (unpaired) electrons. The second-order valence-corrected chi connectivity index (χ2v) is 2.77. The summed E-state index contributed by atoms with van der Waals surface area (Å²) in [5.41, 5.74) is 0. The Morgan fingerprint density at radius 1 is 1.50 bits per heavy atom. The van der Waals surface area contributed by atoms with E-state index in [-0.39, 0.29) is 6.10 Å². The van der Waals surface area contributed by atoms with E-state index >= 15 is 0 Å². The molecule has 0 bridgehead atoms. The lowest BCUT2D eigenvalue weighted by Crippen LogP contribution is -2.44. The quantitative estimate of drug-likeness (QED) is 0.549. The summed E-state index contributed by atoms with van der Waals surface area (Å²) in [5, 5.41) is 12.2. The number of aliphatic hydroxyl groups is 1. The number of rotatable bonds is 1. The molecule has 1 saturated heterocycles. The number of ether oxygens (including phenoxy) is 1. The molecule has 2 N–H and O–H groups in total. The van der Waals surface area contributed by atoms with Gasteiger partial charge in [0.05, 0.1) is 6.10 Å². The van der Waals surface area contributed by atoms with Crippen molar-refractivity contribution < 1.29 is 9.84 Å². The van der Waals surface area contributed by atoms with Gasteiger partial charge in [-0.2, -0.15) is 0 Å². The second kappa shape index (κ2) is 3.32. The van der Waals surface area contributed by atoms with E-state index in [1.54, 1.807) is 0 Å². The first kappa shape index (κ1) is 7.98. The van der Waals surface area contributed by atoms with Crippen LogP contribution in [0.2, 0.25) is 0 Å². The van der Waals surface area contributed by atoms with Crippen molar-refractivity contribution in [2.24, 2.45) is 0 Å². The van der Waals surface area contributed by atoms with Crippen molar-refractivity contribution in [1.82, 2.24) is 5.32 Å². The van der Waals surface area contributed by atoms with Crippen molar-refractivity contribution in [3.8, 4) is 0 Å². The maximum Gasteiger partial charge on any atom is 0.155 e. The van der Waals surface area contributed by atoms with Crippen LogP contribution in [-0.4, -0.2) is 30.6 Å². The minimum atomic E-state index is -0.542. The predicted octanol–water partition coefficient (Wildman–Crippen LogP) is 0.0917. The van der Waals surface area contributed by atoms with Crippen LogP contribution in [0.25, 0.3) is 0 Å². The van der Waals surface area contributed by atoms with Gasteiger partial charge in [0.15, 0.2) is 6.29 Å². The fourth-order valence-electron chi connectivity index (χ4n) is 1.35. The van der Waals surface area contributed by atoms with E-state index in [9.17, 15) is 0 Å². The Hall–Kier alpha value is -0.120. The fraction of sp³-hybridized carbons (Fsp3) is 1.00. The molecule has 1 fully saturated rings. The first-order chi connectivity index (χ1) is 4.74. The molecule has 1 aliphatic heterocycles. The lowest BCUT2D eigenvalue weighted by Gasteiger charge is -2.31. The van der Waals surface area contributed by atoms with E-state index in [1.165, 1.54) is 0 Å². The molecule has 0 saturated carbocycles. The average molecular weight is 145 g/mol. The van der Waals surface area contributed by atoms with Crippen LogP contribution in [0.3, 0.4) is 0 Å². The molecule has 0 amide bonds. The third-order valence-electron chi connectivity index (χ3n) is 2.03. The highest BCUT2D eigenvalue weighted by atomic mass is 16.6. The van der Waals surface area contributed by atoms with Crippen LogP contribution < -0.4 is 5.32 Å². The average Bonchev–Trinajstić information content (AvgIpc) is 1.88. The van der Waals surface area contributed by atoms with Crippen molar-refractivity contribution in [1.29, 1.82) is 0 Å². The summed E-state index contributed by atoms with van der Waals surface area (Å²) in [4.78, 5) is 0. The van der Waals surface area contributed by atoms with Crippen LogP contribution in [0.15, 0.2) is 0 Å². The molecule has 1 rings (SSSR count). The van der Waals surface area contributed by atoms with E-state index in [4.69, 9.17) is 9.84 Å². The zero-order valence-electron chi connectivity index (χ0n) is 6.50. The van der Waals surface area contributed by atoms with Gasteiger partial charge in [-0.1, -0.05) is 0 Å². The van der Waals surface area contributed by atoms with Crippen LogP contribution in [-0.2, 0) is 4.74 Å². The van der Waals surface area contributed by atoms with Gasteiger partial charge in [0.25, 0.3) is 0 Å². The number of hydrogen-bond acceptors (Lipinski definition) is 3. The van der Waals surface area contributed by atoms with E-state index < -0.39 is 6.29 Å². The molecule has 0 aliphatic carbocycles. The summed E-state index contributed by atoms with van der Waals surface area (Å²) in [7, 11) is 1.92. The van der Waals surface area contributed by atoms with Crippen LogP contribution in [0, 0.1) is 0 Å². The Bertz CT molecular complexity index is 108. The molecular formula is C7H15NO2. The van der Waals surface area contributed by atoms with Gasteiger partial charge in [-0.05, 0) is 26.8 Å². The Morgan fingerprint density at radius 2 is 2.20 bits per heavy atom. The summed E-state index contributed by atoms with van der Waals surface area (Å²) in [6.45, 7) is 1.98. The molecule has 1 aliphatic rings. The second-order valence-electron chi connectivity index (χ2n) is 2.77. The van der Waals surface area contributed by atoms with Crippen molar-refractivity contribution >= 4 is 0 Å². The van der Waals surface area contributed by atoms with Gasteiger partial charge >= 0.3 is 0 Å². The number of nitrogens with one attached hydrogen (secondary N) is 1. The first-order valence-electron chi connectivity index (χ1n) is 3.75. The minimum Gasteiger partial charge on any atom is -0.368 e. The van der Waals surface area contributed by atoms with Gasteiger partial charge in [0.2, 0.25) is 0 Å². The van der Waals surface area contributed by atoms with Gasteiger partial charge in [-0.3, -0.25) is 0 Å². The summed E-state index contributed by atoms with van der Waals surface area (Å²) < 4.78 is 5.18. The Morgan fingerprint density at radius 3 is 2.70 bits per heavy atom. The SMILES string of the molecule is CN[C@H]1CC[C@H](O)O[C@@H]1C. The van der Waals surface area contributed by atoms with Gasteiger partial charge in [-0.15, -0.1) is 0 Å². The van der Waals surface area contributed by atoms with E-state index in [0.29, 0.717) is 6.04 Å². The third kappa shape index (κ3) is 1.68. The highest BCUT2D eigenvalue weighted by Gasteiger charge is 2.24. The largest absolute Gasteiger partial charge is 0.368 e. The Kier molecular flexibility index (Phi) is 2.65. The summed E-state index contributed by atoms with van der Waals surface area (Å²) >= 11 is 0. The van der Waals surface area contributed by atoms with E-state index in [2.05, 4.69) is 5.32 Å². The zero-order chi connectivity index (χ0) is 7.56. The topological polar surface area (TPSA) is 41.5 Å². The van der Waals surface area contributed by atoms with Gasteiger partial charge in [0, 0.05) is 6.04 Å². The Labute approximate surface area is 61.4 Å². The van der Waals surface area contributed by atoms with Crippen LogP contribution in [0.4, 0.5) is 0 Å². The van der Waals surface area contributed by atoms with Crippen LogP contribution >= 0.6 is 0 Å². The maximum atomic E-state index is 9.04. The predicted molar refractivity (Wildman–Crippen MR) is 38.6 cm³/mol. The number of hydrogen-bond donors (Lipinski definition) is 2. The van der Waals surface area contributed by atoms with Crippen LogP contribution in [0.1, 0.15) is 19.8 Å². The van der Waals surface area contributed by atoms with Gasteiger partial charge < -0.3 is 15.2 Å². The molecule has 0 aromatic rings. The molecule has 3 heteroatoms. The van der Waals surface area contributed by atoms with Crippen molar-refractivity contribution in [2.45, 2.75) is 38.2 Å². The minimum absolute atomic E-state index is 0.133. The highest BCUT2D eigenvalue weighted by Crippen LogP contribution is 2.16. The zero-order valence-corrected chi connectivity index (χ0v) is 6.50. The molecule has 0 spiro atoms. The molecule has 0 aromatic carbocycles. The molecule has 1 heterocycles. The molecule has 0 aromatic heterocycles. The van der Waals surface area contributed by atoms with E-state index in [1.807, 2.05) is 14.0 Å². The molecule has 3 atom stereocenters. The summed E-state index contributed by atoms with van der Waals surface area (Å²) in [5.74, 6) is 0. The molecule has 10 heavy (non-hydrogen) atoms. The molecule has 60 valence electrons. The number of likely N-dealkylation sites (N-methyl/N-ethyl adjacent to an activating group) is 1. The summed E-state index contributed by atoms with van der Waals surface area (Å²) in [6.07, 6.45) is 1.34.